The lowest BCUT2D eigenvalue weighted by molar-refractivity contribution is -0.145. The van der Waals surface area contributed by atoms with Crippen molar-refractivity contribution in [3.05, 3.63) is 106 Å². The molecule has 2 bridgehead atoms. The number of methoxy groups -OCH3 is 2. The van der Waals surface area contributed by atoms with Crippen molar-refractivity contribution in [3.8, 4) is 28.7 Å². The first-order valence-electron chi connectivity index (χ1n) is 16.0. The van der Waals surface area contributed by atoms with Gasteiger partial charge in [-0.15, -0.1) is 0 Å². The number of fused-ring (bicyclic) bond motifs is 7. The molecule has 0 spiro atoms. The third kappa shape index (κ3) is 5.53. The minimum Gasteiger partial charge on any atom is -0.504 e. The number of carbonyl (C=O) groups excluding carboxylic acids is 2. The molecule has 3 aliphatic rings. The molecule has 3 aromatic rings. The lowest BCUT2D eigenvalue weighted by Gasteiger charge is -2.54. The standard InChI is InChI=1S/C38H40N2O9/c1-7-14-48-34-22(4)36(46-6)33(42)31-25(34)18-26-32-30-21(3)35(45-5)29(41)17-24(30)16-27(40(32)38(44)49-15-8-2)37(43)39(26)28(31)20-47-19-23-12-10-9-11-13-23/h7-13,17-18,27-28,32,41-42H,1-2,14-16,19-20H2,3-6H3/t27-,28-,32-/m0/s1. The fourth-order valence-corrected chi connectivity index (χ4v) is 7.34. The van der Waals surface area contributed by atoms with Gasteiger partial charge in [0.2, 0.25) is 0 Å². The van der Waals surface area contributed by atoms with Gasteiger partial charge in [-0.25, -0.2) is 4.79 Å². The minimum absolute atomic E-state index is 0.00324. The van der Waals surface area contributed by atoms with E-state index in [1.165, 1.54) is 25.2 Å². The van der Waals surface area contributed by atoms with Crippen LogP contribution in [-0.2, 0) is 27.3 Å². The first-order chi connectivity index (χ1) is 23.7. The smallest absolute Gasteiger partial charge is 0.411 e. The maximum Gasteiger partial charge on any atom is 0.411 e. The quantitative estimate of drug-likeness (QED) is 0.235. The van der Waals surface area contributed by atoms with Crippen molar-refractivity contribution < 1.29 is 43.5 Å². The number of ether oxygens (including phenoxy) is 5. The summed E-state index contributed by atoms with van der Waals surface area (Å²) in [6.07, 6.45) is 4.26. The Bertz CT molecular complexity index is 1850. The molecule has 49 heavy (non-hydrogen) atoms. The highest BCUT2D eigenvalue weighted by molar-refractivity contribution is 5.94. The number of hydrogen-bond acceptors (Lipinski definition) is 9. The van der Waals surface area contributed by atoms with Gasteiger partial charge in [0.1, 0.15) is 31.0 Å². The number of nitrogens with zero attached hydrogens (tertiary/aromatic N) is 2. The first kappa shape index (κ1) is 33.5. The van der Waals surface area contributed by atoms with Crippen LogP contribution in [0.2, 0.25) is 0 Å². The van der Waals surface area contributed by atoms with Gasteiger partial charge in [0.05, 0.1) is 33.5 Å². The van der Waals surface area contributed by atoms with E-state index in [0.717, 1.165) is 5.56 Å². The molecule has 0 aromatic heterocycles. The number of hydrogen-bond donors (Lipinski definition) is 2. The zero-order valence-corrected chi connectivity index (χ0v) is 28.0. The van der Waals surface area contributed by atoms with E-state index in [2.05, 4.69) is 13.2 Å². The maximum absolute atomic E-state index is 14.8. The SMILES string of the molecule is C=CCOC(=O)N1[C@H]2Cc3cc(O)c(OC)c(C)c3[C@@H]1C1=Cc3c(OCC=C)c(C)c(OC)c(O)c3[C@H](COCc3ccccc3)N1C2=O. The van der Waals surface area contributed by atoms with Crippen molar-refractivity contribution in [1.29, 1.82) is 0 Å². The Kier molecular flexibility index (Phi) is 9.29. The van der Waals surface area contributed by atoms with Crippen LogP contribution in [0.5, 0.6) is 28.7 Å². The molecule has 2 amide bonds. The molecule has 256 valence electrons. The van der Waals surface area contributed by atoms with Gasteiger partial charge in [0.15, 0.2) is 23.0 Å². The molecular formula is C38H40N2O9. The Hall–Kier alpha value is -5.42. The number of piperazine rings is 1. The molecule has 1 saturated heterocycles. The summed E-state index contributed by atoms with van der Waals surface area (Å²) < 4.78 is 29.3. The highest BCUT2D eigenvalue weighted by atomic mass is 16.6. The van der Waals surface area contributed by atoms with Gasteiger partial charge in [-0.2, -0.15) is 0 Å². The van der Waals surface area contributed by atoms with Gasteiger partial charge in [0, 0.05) is 34.4 Å². The Labute approximate surface area is 285 Å². The van der Waals surface area contributed by atoms with E-state index in [-0.39, 0.29) is 55.8 Å². The van der Waals surface area contributed by atoms with Crippen molar-refractivity contribution in [2.75, 3.05) is 34.0 Å². The second-order valence-corrected chi connectivity index (χ2v) is 12.1. The fourth-order valence-electron chi connectivity index (χ4n) is 7.34. The van der Waals surface area contributed by atoms with Crippen molar-refractivity contribution in [3.63, 3.8) is 0 Å². The Balaban J connectivity index is 1.62. The lowest BCUT2D eigenvalue weighted by Crippen LogP contribution is -2.63. The molecule has 6 rings (SSSR count). The monoisotopic (exact) mass is 668 g/mol. The van der Waals surface area contributed by atoms with Crippen LogP contribution in [0.1, 0.15) is 51.0 Å². The molecule has 11 nitrogen and oxygen atoms in total. The zero-order chi connectivity index (χ0) is 35.0. The number of aromatic hydroxyl groups is 2. The maximum atomic E-state index is 14.8. The third-order valence-corrected chi connectivity index (χ3v) is 9.32. The van der Waals surface area contributed by atoms with Crippen LogP contribution in [0.3, 0.4) is 0 Å². The predicted molar refractivity (Wildman–Crippen MR) is 182 cm³/mol. The summed E-state index contributed by atoms with van der Waals surface area (Å²) in [6.45, 7) is 11.4. The van der Waals surface area contributed by atoms with E-state index in [1.807, 2.05) is 37.3 Å². The molecule has 11 heteroatoms. The second kappa shape index (κ2) is 13.6. The molecule has 1 fully saturated rings. The van der Waals surface area contributed by atoms with Crippen LogP contribution in [-0.4, -0.2) is 72.1 Å². The van der Waals surface area contributed by atoms with E-state index in [9.17, 15) is 19.8 Å². The Morgan fingerprint density at radius 3 is 2.37 bits per heavy atom. The summed E-state index contributed by atoms with van der Waals surface area (Å²) in [7, 11) is 2.92. The second-order valence-electron chi connectivity index (χ2n) is 12.1. The molecule has 3 heterocycles. The van der Waals surface area contributed by atoms with Crippen molar-refractivity contribution >= 4 is 18.1 Å². The largest absolute Gasteiger partial charge is 0.504 e. The third-order valence-electron chi connectivity index (χ3n) is 9.32. The topological polar surface area (TPSA) is 127 Å². The van der Waals surface area contributed by atoms with E-state index in [1.54, 1.807) is 30.0 Å². The molecule has 3 aromatic carbocycles. The normalized spacial score (nSPS) is 18.8. The summed E-state index contributed by atoms with van der Waals surface area (Å²) in [5.41, 5.74) is 4.84. The highest BCUT2D eigenvalue weighted by Crippen LogP contribution is 2.57. The van der Waals surface area contributed by atoms with Crippen molar-refractivity contribution in [1.82, 2.24) is 9.80 Å². The molecule has 0 saturated carbocycles. The Morgan fingerprint density at radius 2 is 1.69 bits per heavy atom. The van der Waals surface area contributed by atoms with Gasteiger partial charge >= 0.3 is 6.09 Å². The van der Waals surface area contributed by atoms with Crippen LogP contribution < -0.4 is 14.2 Å². The molecule has 0 radical (unpaired) electrons. The molecule has 2 N–H and O–H groups in total. The zero-order valence-electron chi connectivity index (χ0n) is 28.0. The summed E-state index contributed by atoms with van der Waals surface area (Å²) >= 11 is 0. The number of rotatable bonds is 11. The van der Waals surface area contributed by atoms with Crippen LogP contribution >= 0.6 is 0 Å². The molecule has 0 unspecified atom stereocenters. The van der Waals surface area contributed by atoms with Crippen LogP contribution in [0, 0.1) is 13.8 Å². The van der Waals surface area contributed by atoms with Crippen molar-refractivity contribution in [2.45, 2.75) is 45.0 Å². The number of phenolic OH excluding ortho intramolecular Hbond substituents is 2. The summed E-state index contributed by atoms with van der Waals surface area (Å²) in [5, 5.41) is 22.7. The van der Waals surface area contributed by atoms with E-state index < -0.39 is 30.1 Å². The van der Waals surface area contributed by atoms with Gasteiger partial charge in [-0.1, -0.05) is 55.6 Å². The molecule has 3 aliphatic heterocycles. The van der Waals surface area contributed by atoms with Crippen LogP contribution in [0.4, 0.5) is 4.79 Å². The molecule has 0 aliphatic carbocycles. The average Bonchev–Trinajstić information content (AvgIpc) is 3.09. The average molecular weight is 669 g/mol. The first-order valence-corrected chi connectivity index (χ1v) is 16.0. The van der Waals surface area contributed by atoms with Gasteiger partial charge in [-0.05, 0) is 42.7 Å². The highest BCUT2D eigenvalue weighted by Gasteiger charge is 2.55. The van der Waals surface area contributed by atoms with E-state index in [4.69, 9.17) is 23.7 Å². The number of amides is 2. The number of carbonyl (C=O) groups is 2. The predicted octanol–water partition coefficient (Wildman–Crippen LogP) is 6.04. The van der Waals surface area contributed by atoms with Crippen molar-refractivity contribution in [2.24, 2.45) is 0 Å². The number of phenols is 2. The molecular weight excluding hydrogens is 628 g/mol. The summed E-state index contributed by atoms with van der Waals surface area (Å²) in [6, 6.07) is 8.54. The van der Waals surface area contributed by atoms with Gasteiger partial charge < -0.3 is 38.8 Å². The van der Waals surface area contributed by atoms with Crippen LogP contribution in [0.25, 0.3) is 6.08 Å². The fraction of sp³-hybridized carbons (Fsp3) is 0.316. The summed E-state index contributed by atoms with van der Waals surface area (Å²) in [4.78, 5) is 31.7. The van der Waals surface area contributed by atoms with Gasteiger partial charge in [-0.3, -0.25) is 9.69 Å². The molecule has 3 atom stereocenters. The summed E-state index contributed by atoms with van der Waals surface area (Å²) in [5.74, 6) is 0.292. The van der Waals surface area contributed by atoms with E-state index >= 15 is 0 Å². The van der Waals surface area contributed by atoms with Gasteiger partial charge in [0.25, 0.3) is 5.91 Å². The number of benzene rings is 3. The van der Waals surface area contributed by atoms with E-state index in [0.29, 0.717) is 44.8 Å². The minimum atomic E-state index is -0.997. The Morgan fingerprint density at radius 1 is 0.980 bits per heavy atom. The van der Waals surface area contributed by atoms with Crippen LogP contribution in [0.15, 0.2) is 67.4 Å². The lowest BCUT2D eigenvalue weighted by atomic mass is 9.77.